The average Bonchev–Trinajstić information content (AvgIpc) is 2.28. The lowest BCUT2D eigenvalue weighted by Gasteiger charge is -2.29. The summed E-state index contributed by atoms with van der Waals surface area (Å²) in [5.74, 6) is 0. The lowest BCUT2D eigenvalue weighted by molar-refractivity contribution is 0.371. The van der Waals surface area contributed by atoms with Gasteiger partial charge in [0.15, 0.2) is 0 Å². The Balaban J connectivity index is 2.33. The van der Waals surface area contributed by atoms with Crippen molar-refractivity contribution in [3.05, 3.63) is 0 Å². The summed E-state index contributed by atoms with van der Waals surface area (Å²) in [4.78, 5) is 0. The zero-order chi connectivity index (χ0) is 13.8. The Hall–Kier alpha value is 0.0600. The van der Waals surface area contributed by atoms with E-state index in [0.29, 0.717) is 6.04 Å². The van der Waals surface area contributed by atoms with Crippen LogP contribution in [0.1, 0.15) is 39.0 Å². The Labute approximate surface area is 113 Å². The number of rotatable bonds is 6. The Morgan fingerprint density at radius 1 is 1.39 bits per heavy atom. The minimum Gasteiger partial charge on any atom is -0.314 e. The first-order valence-corrected chi connectivity index (χ1v) is 10.1. The summed E-state index contributed by atoms with van der Waals surface area (Å²) in [5.41, 5.74) is 0. The highest BCUT2D eigenvalue weighted by molar-refractivity contribution is 7.91. The highest BCUT2D eigenvalue weighted by Crippen LogP contribution is 2.23. The van der Waals surface area contributed by atoms with Gasteiger partial charge in [0.05, 0.1) is 5.25 Å². The van der Waals surface area contributed by atoms with E-state index in [1.54, 1.807) is 6.26 Å². The van der Waals surface area contributed by atoms with Crippen LogP contribution in [-0.4, -0.2) is 48.2 Å². The Morgan fingerprint density at radius 3 is 2.61 bits per heavy atom. The average molecular weight is 295 g/mol. The summed E-state index contributed by atoms with van der Waals surface area (Å²) >= 11 is 0. The van der Waals surface area contributed by atoms with Crippen molar-refractivity contribution in [3.8, 4) is 0 Å². The molecule has 108 valence electrons. The fourth-order valence-electron chi connectivity index (χ4n) is 2.38. The van der Waals surface area contributed by atoms with Gasteiger partial charge in [-0.15, -0.1) is 0 Å². The van der Waals surface area contributed by atoms with Crippen LogP contribution in [0.25, 0.3) is 0 Å². The summed E-state index contributed by atoms with van der Waals surface area (Å²) in [6, 6.07) is 0.302. The monoisotopic (exact) mass is 295 g/mol. The van der Waals surface area contributed by atoms with Crippen LogP contribution in [0.2, 0.25) is 0 Å². The molecule has 1 aliphatic rings. The van der Waals surface area contributed by atoms with Gasteiger partial charge in [-0.05, 0) is 32.2 Å². The molecule has 0 amide bonds. The number of sulfone groups is 1. The Bertz CT molecular complexity index is 381. The molecular weight excluding hydrogens is 270 g/mol. The van der Waals surface area contributed by atoms with Gasteiger partial charge in [-0.3, -0.25) is 4.21 Å². The topological polar surface area (TPSA) is 63.2 Å². The van der Waals surface area contributed by atoms with Crippen molar-refractivity contribution in [2.75, 3.05) is 19.1 Å². The molecule has 0 bridgehead atoms. The van der Waals surface area contributed by atoms with E-state index in [1.165, 1.54) is 6.26 Å². The first kappa shape index (κ1) is 16.1. The van der Waals surface area contributed by atoms with Crippen LogP contribution in [0, 0.1) is 0 Å². The van der Waals surface area contributed by atoms with E-state index in [9.17, 15) is 12.6 Å². The van der Waals surface area contributed by atoms with Gasteiger partial charge < -0.3 is 5.32 Å². The molecule has 6 heteroatoms. The van der Waals surface area contributed by atoms with Gasteiger partial charge in [-0.1, -0.05) is 13.3 Å². The van der Waals surface area contributed by atoms with Crippen LogP contribution in [0.4, 0.5) is 0 Å². The van der Waals surface area contributed by atoms with E-state index in [-0.39, 0.29) is 10.5 Å². The van der Waals surface area contributed by atoms with Crippen molar-refractivity contribution in [3.63, 3.8) is 0 Å². The fourth-order valence-corrected chi connectivity index (χ4v) is 4.00. The van der Waals surface area contributed by atoms with Crippen molar-refractivity contribution >= 4 is 20.6 Å². The van der Waals surface area contributed by atoms with Crippen LogP contribution >= 0.6 is 0 Å². The second-order valence-electron chi connectivity index (χ2n) is 5.37. The molecule has 1 rings (SSSR count). The minimum atomic E-state index is -2.90. The second kappa shape index (κ2) is 7.01. The summed E-state index contributed by atoms with van der Waals surface area (Å²) in [7, 11) is -3.68. The predicted molar refractivity (Wildman–Crippen MR) is 77.0 cm³/mol. The predicted octanol–water partition coefficient (Wildman–Crippen LogP) is 1.09. The van der Waals surface area contributed by atoms with Crippen LogP contribution < -0.4 is 5.32 Å². The van der Waals surface area contributed by atoms with E-state index in [1.807, 2.05) is 6.92 Å². The highest BCUT2D eigenvalue weighted by atomic mass is 32.2. The summed E-state index contributed by atoms with van der Waals surface area (Å²) in [6.45, 7) is 2.81. The third kappa shape index (κ3) is 5.36. The quantitative estimate of drug-likeness (QED) is 0.797. The smallest absolute Gasteiger partial charge is 0.150 e. The highest BCUT2D eigenvalue weighted by Gasteiger charge is 2.28. The van der Waals surface area contributed by atoms with Crippen LogP contribution in [0.3, 0.4) is 0 Å². The zero-order valence-corrected chi connectivity index (χ0v) is 13.1. The maximum absolute atomic E-state index is 11.5. The van der Waals surface area contributed by atoms with E-state index in [4.69, 9.17) is 0 Å². The first-order valence-electron chi connectivity index (χ1n) is 6.55. The molecule has 0 aromatic heterocycles. The van der Waals surface area contributed by atoms with Crippen LogP contribution in [0.15, 0.2) is 0 Å². The molecule has 4 unspecified atom stereocenters. The van der Waals surface area contributed by atoms with E-state index < -0.39 is 20.6 Å². The molecular formula is C12H25NO3S2. The maximum Gasteiger partial charge on any atom is 0.150 e. The number of hydrogen-bond donors (Lipinski definition) is 1. The minimum absolute atomic E-state index is 0.179. The third-order valence-corrected chi connectivity index (χ3v) is 6.79. The summed E-state index contributed by atoms with van der Waals surface area (Å²) < 4.78 is 34.3. The van der Waals surface area contributed by atoms with Crippen molar-refractivity contribution in [2.24, 2.45) is 0 Å². The zero-order valence-electron chi connectivity index (χ0n) is 11.5. The van der Waals surface area contributed by atoms with Gasteiger partial charge in [-0.25, -0.2) is 8.42 Å². The maximum atomic E-state index is 11.5. The molecule has 1 fully saturated rings. The number of hydrogen-bond acceptors (Lipinski definition) is 4. The lowest BCUT2D eigenvalue weighted by Crippen LogP contribution is -2.39. The summed E-state index contributed by atoms with van der Waals surface area (Å²) in [6.07, 6.45) is 7.49. The molecule has 4 atom stereocenters. The van der Waals surface area contributed by atoms with Gasteiger partial charge >= 0.3 is 0 Å². The molecule has 18 heavy (non-hydrogen) atoms. The standard InChI is InChI=1S/C12H25NO3S2/c1-10(17(2)14)7-8-13-11-5-4-6-12(9-11)18(3,15)16/h10-13H,4-9H2,1-3H3. The van der Waals surface area contributed by atoms with Gasteiger partial charge in [0.1, 0.15) is 9.84 Å². The first-order chi connectivity index (χ1) is 8.30. The van der Waals surface area contributed by atoms with Gasteiger partial charge in [-0.2, -0.15) is 0 Å². The molecule has 1 N–H and O–H groups in total. The van der Waals surface area contributed by atoms with Gasteiger partial charge in [0.2, 0.25) is 0 Å². The van der Waals surface area contributed by atoms with Crippen molar-refractivity contribution in [2.45, 2.75) is 55.6 Å². The molecule has 1 saturated carbocycles. The Kier molecular flexibility index (Phi) is 6.27. The normalized spacial score (nSPS) is 28.8. The van der Waals surface area contributed by atoms with E-state index in [0.717, 1.165) is 38.6 Å². The lowest BCUT2D eigenvalue weighted by atomic mass is 9.95. The molecule has 0 aromatic rings. The molecule has 4 nitrogen and oxygen atoms in total. The number of nitrogens with one attached hydrogen (secondary N) is 1. The van der Waals surface area contributed by atoms with Gasteiger partial charge in [0.25, 0.3) is 0 Å². The van der Waals surface area contributed by atoms with Crippen LogP contribution in [0.5, 0.6) is 0 Å². The largest absolute Gasteiger partial charge is 0.314 e. The fraction of sp³-hybridized carbons (Fsp3) is 1.00. The SMILES string of the molecule is CC(CCNC1CCCC(S(C)(=O)=O)C1)S(C)=O. The second-order valence-corrected chi connectivity index (χ2v) is 9.49. The van der Waals surface area contributed by atoms with Crippen LogP contribution in [-0.2, 0) is 20.6 Å². The van der Waals surface area contributed by atoms with Crippen molar-refractivity contribution in [1.82, 2.24) is 5.32 Å². The molecule has 0 aliphatic heterocycles. The van der Waals surface area contributed by atoms with Crippen molar-refractivity contribution < 1.29 is 12.6 Å². The molecule has 1 aliphatic carbocycles. The van der Waals surface area contributed by atoms with E-state index >= 15 is 0 Å². The van der Waals surface area contributed by atoms with Crippen molar-refractivity contribution in [1.29, 1.82) is 0 Å². The third-order valence-electron chi connectivity index (χ3n) is 3.78. The molecule has 0 aromatic carbocycles. The Morgan fingerprint density at radius 2 is 2.06 bits per heavy atom. The molecule has 0 spiro atoms. The summed E-state index contributed by atoms with van der Waals surface area (Å²) in [5, 5.41) is 3.43. The molecule has 0 saturated heterocycles. The molecule has 0 heterocycles. The molecule has 0 radical (unpaired) electrons. The van der Waals surface area contributed by atoms with Gasteiger partial charge in [0, 0.05) is 34.6 Å². The van der Waals surface area contributed by atoms with E-state index in [2.05, 4.69) is 5.32 Å².